The first-order valence-electron chi connectivity index (χ1n) is 5.07. The third kappa shape index (κ3) is 7.19. The Labute approximate surface area is 95.5 Å². The Hall–Kier alpha value is -0.770. The van der Waals surface area contributed by atoms with Crippen molar-refractivity contribution < 1.29 is 14.3 Å². The fourth-order valence-corrected chi connectivity index (χ4v) is 1.24. The fraction of sp³-hybridized carbons (Fsp3) is 0.800. The number of rotatable bonds is 7. The molecule has 0 radical (unpaired) electrons. The van der Waals surface area contributed by atoms with Gasteiger partial charge in [0.05, 0.1) is 6.61 Å². The van der Waals surface area contributed by atoms with E-state index in [-0.39, 0.29) is 18.4 Å². The Morgan fingerprint density at radius 1 is 1.33 bits per heavy atom. The van der Waals surface area contributed by atoms with Crippen molar-refractivity contribution in [2.45, 2.75) is 26.2 Å². The monoisotopic (exact) mass is 235 g/mol. The molecule has 4 nitrogen and oxygen atoms in total. The smallest absolute Gasteiger partial charge is 0.325 e. The number of amides is 1. The number of ether oxygens (including phenoxy) is 1. The van der Waals surface area contributed by atoms with Gasteiger partial charge < -0.3 is 9.64 Å². The minimum atomic E-state index is -0.370. The number of alkyl halides is 1. The molecule has 15 heavy (non-hydrogen) atoms. The molecule has 5 heteroatoms. The molecule has 0 bridgehead atoms. The van der Waals surface area contributed by atoms with Gasteiger partial charge in [-0.05, 0) is 19.8 Å². The van der Waals surface area contributed by atoms with Crippen LogP contribution in [0.25, 0.3) is 0 Å². The minimum Gasteiger partial charge on any atom is -0.465 e. The summed E-state index contributed by atoms with van der Waals surface area (Å²) in [6.07, 6.45) is 2.01. The average molecular weight is 236 g/mol. The van der Waals surface area contributed by atoms with Crippen molar-refractivity contribution >= 4 is 23.5 Å². The first-order chi connectivity index (χ1) is 7.11. The second-order valence-corrected chi connectivity index (χ2v) is 3.58. The van der Waals surface area contributed by atoms with Gasteiger partial charge in [0, 0.05) is 19.3 Å². The van der Waals surface area contributed by atoms with E-state index in [1.807, 2.05) is 0 Å². The van der Waals surface area contributed by atoms with Crippen molar-refractivity contribution in [3.8, 4) is 0 Å². The van der Waals surface area contributed by atoms with Crippen LogP contribution in [0.5, 0.6) is 0 Å². The summed E-state index contributed by atoms with van der Waals surface area (Å²) in [7, 11) is 1.60. The summed E-state index contributed by atoms with van der Waals surface area (Å²) in [5, 5.41) is 0. The van der Waals surface area contributed by atoms with Crippen molar-refractivity contribution in [3.63, 3.8) is 0 Å². The molecule has 0 aliphatic rings. The van der Waals surface area contributed by atoms with Gasteiger partial charge in [-0.2, -0.15) is 0 Å². The number of hydrogen-bond donors (Lipinski definition) is 0. The van der Waals surface area contributed by atoms with Crippen molar-refractivity contribution in [2.24, 2.45) is 0 Å². The van der Waals surface area contributed by atoms with Crippen LogP contribution in [0.4, 0.5) is 0 Å². The lowest BCUT2D eigenvalue weighted by molar-refractivity contribution is -0.148. The van der Waals surface area contributed by atoms with Gasteiger partial charge in [0.15, 0.2) is 0 Å². The van der Waals surface area contributed by atoms with E-state index >= 15 is 0 Å². The maximum atomic E-state index is 11.4. The minimum absolute atomic E-state index is 0.0214. The van der Waals surface area contributed by atoms with Crippen LogP contribution >= 0.6 is 11.6 Å². The highest BCUT2D eigenvalue weighted by Crippen LogP contribution is 2.00. The number of hydrogen-bond acceptors (Lipinski definition) is 3. The standard InChI is InChI=1S/C10H18ClNO3/c1-3-15-10(14)8-12(2)9(13)6-4-5-7-11/h3-8H2,1-2H3. The molecule has 1 amide bonds. The fourth-order valence-electron chi connectivity index (χ4n) is 1.05. The van der Waals surface area contributed by atoms with Crippen LogP contribution < -0.4 is 0 Å². The van der Waals surface area contributed by atoms with Gasteiger partial charge in [-0.1, -0.05) is 0 Å². The lowest BCUT2D eigenvalue weighted by atomic mass is 10.2. The number of unbranched alkanes of at least 4 members (excludes halogenated alkanes) is 1. The topological polar surface area (TPSA) is 46.6 Å². The van der Waals surface area contributed by atoms with Gasteiger partial charge in [-0.3, -0.25) is 9.59 Å². The largest absolute Gasteiger partial charge is 0.465 e. The summed E-state index contributed by atoms with van der Waals surface area (Å²) in [6.45, 7) is 2.10. The quantitative estimate of drug-likeness (QED) is 0.381. The molecular formula is C10H18ClNO3. The molecule has 0 unspecified atom stereocenters. The van der Waals surface area contributed by atoms with Gasteiger partial charge in [-0.15, -0.1) is 11.6 Å². The molecule has 0 spiro atoms. The maximum absolute atomic E-state index is 11.4. The van der Waals surface area contributed by atoms with Crippen molar-refractivity contribution in [1.82, 2.24) is 4.90 Å². The van der Waals surface area contributed by atoms with E-state index in [0.29, 0.717) is 18.9 Å². The van der Waals surface area contributed by atoms with Crippen LogP contribution in [0.15, 0.2) is 0 Å². The molecule has 0 fully saturated rings. The number of esters is 1. The summed E-state index contributed by atoms with van der Waals surface area (Å²) in [5.74, 6) is 0.147. The maximum Gasteiger partial charge on any atom is 0.325 e. The summed E-state index contributed by atoms with van der Waals surface area (Å²) >= 11 is 5.49. The average Bonchev–Trinajstić information content (AvgIpc) is 2.18. The van der Waals surface area contributed by atoms with Gasteiger partial charge in [0.25, 0.3) is 0 Å². The highest BCUT2D eigenvalue weighted by Gasteiger charge is 2.12. The Morgan fingerprint density at radius 3 is 2.53 bits per heavy atom. The normalized spacial score (nSPS) is 9.80. The molecule has 88 valence electrons. The molecule has 0 aromatic rings. The van der Waals surface area contributed by atoms with E-state index in [1.54, 1.807) is 14.0 Å². The molecule has 0 rings (SSSR count). The Morgan fingerprint density at radius 2 is 2.00 bits per heavy atom. The van der Waals surface area contributed by atoms with E-state index in [2.05, 4.69) is 0 Å². The number of carbonyl (C=O) groups excluding carboxylic acids is 2. The predicted octanol–water partition coefficient (Wildman–Crippen LogP) is 1.42. The molecular weight excluding hydrogens is 218 g/mol. The first kappa shape index (κ1) is 14.2. The summed E-state index contributed by atoms with van der Waals surface area (Å²) in [4.78, 5) is 23.9. The van der Waals surface area contributed by atoms with E-state index in [0.717, 1.165) is 12.8 Å². The number of halogens is 1. The molecule has 0 aliphatic carbocycles. The zero-order valence-electron chi connectivity index (χ0n) is 9.29. The van der Waals surface area contributed by atoms with Crippen molar-refractivity contribution in [2.75, 3.05) is 26.1 Å². The Balaban J connectivity index is 3.73. The second kappa shape index (κ2) is 8.53. The lowest BCUT2D eigenvalue weighted by Crippen LogP contribution is -2.32. The van der Waals surface area contributed by atoms with Crippen LogP contribution in [0.1, 0.15) is 26.2 Å². The number of nitrogens with zero attached hydrogens (tertiary/aromatic N) is 1. The summed E-state index contributed by atoms with van der Waals surface area (Å²) < 4.78 is 4.73. The third-order valence-corrected chi connectivity index (χ3v) is 2.14. The molecule has 0 N–H and O–H groups in total. The Bertz CT molecular complexity index is 209. The highest BCUT2D eigenvalue weighted by molar-refractivity contribution is 6.17. The predicted molar refractivity (Wildman–Crippen MR) is 58.8 cm³/mol. The van der Waals surface area contributed by atoms with E-state index < -0.39 is 0 Å². The van der Waals surface area contributed by atoms with Crippen LogP contribution in [-0.4, -0.2) is 42.9 Å². The first-order valence-corrected chi connectivity index (χ1v) is 5.60. The molecule has 0 heterocycles. The molecule has 0 saturated heterocycles. The zero-order chi connectivity index (χ0) is 11.7. The third-order valence-electron chi connectivity index (χ3n) is 1.87. The molecule has 0 aromatic carbocycles. The van der Waals surface area contributed by atoms with Crippen LogP contribution in [0.3, 0.4) is 0 Å². The van der Waals surface area contributed by atoms with Crippen molar-refractivity contribution in [3.05, 3.63) is 0 Å². The zero-order valence-corrected chi connectivity index (χ0v) is 10.0. The second-order valence-electron chi connectivity index (χ2n) is 3.20. The van der Waals surface area contributed by atoms with Gasteiger partial charge in [0.2, 0.25) is 5.91 Å². The number of carbonyl (C=O) groups is 2. The van der Waals surface area contributed by atoms with Crippen LogP contribution in [0.2, 0.25) is 0 Å². The molecule has 0 aliphatic heterocycles. The molecule has 0 aromatic heterocycles. The van der Waals surface area contributed by atoms with Gasteiger partial charge in [0.1, 0.15) is 6.54 Å². The van der Waals surface area contributed by atoms with Gasteiger partial charge in [-0.25, -0.2) is 0 Å². The summed E-state index contributed by atoms with van der Waals surface area (Å²) in [6, 6.07) is 0. The highest BCUT2D eigenvalue weighted by atomic mass is 35.5. The lowest BCUT2D eigenvalue weighted by Gasteiger charge is -2.15. The van der Waals surface area contributed by atoms with Crippen molar-refractivity contribution in [1.29, 1.82) is 0 Å². The summed E-state index contributed by atoms with van der Waals surface area (Å²) in [5.41, 5.74) is 0. The molecule has 0 atom stereocenters. The number of likely N-dealkylation sites (N-methyl/N-ethyl adjacent to an activating group) is 1. The van der Waals surface area contributed by atoms with Crippen LogP contribution in [0, 0.1) is 0 Å². The Kier molecular flexibility index (Phi) is 8.09. The SMILES string of the molecule is CCOC(=O)CN(C)C(=O)CCCCCl. The van der Waals surface area contributed by atoms with E-state index in [1.165, 1.54) is 4.90 Å². The van der Waals surface area contributed by atoms with Crippen LogP contribution in [-0.2, 0) is 14.3 Å². The van der Waals surface area contributed by atoms with E-state index in [9.17, 15) is 9.59 Å². The van der Waals surface area contributed by atoms with E-state index in [4.69, 9.17) is 16.3 Å². The van der Waals surface area contributed by atoms with Gasteiger partial charge >= 0.3 is 5.97 Å². The molecule has 0 saturated carbocycles.